The third-order valence-electron chi connectivity index (χ3n) is 3.45. The highest BCUT2D eigenvalue weighted by atomic mass is 19.1. The van der Waals surface area contributed by atoms with E-state index in [0.29, 0.717) is 5.56 Å². The lowest BCUT2D eigenvalue weighted by molar-refractivity contribution is 0.386. The third kappa shape index (κ3) is 5.33. The largest absolute Gasteiger partial charge is 0.494 e. The van der Waals surface area contributed by atoms with E-state index >= 15 is 0 Å². The van der Waals surface area contributed by atoms with Crippen LogP contribution in [0.5, 0.6) is 5.75 Å². The van der Waals surface area contributed by atoms with Gasteiger partial charge < -0.3 is 4.74 Å². The Morgan fingerprint density at radius 1 is 1.00 bits per heavy atom. The molecule has 0 radical (unpaired) electrons. The molecule has 3 nitrogen and oxygen atoms in total. The lowest BCUT2D eigenvalue weighted by atomic mass is 10.1. The van der Waals surface area contributed by atoms with E-state index in [0.717, 1.165) is 12.0 Å². The molecule has 23 heavy (non-hydrogen) atoms. The van der Waals surface area contributed by atoms with Gasteiger partial charge in [0.05, 0.1) is 19.5 Å². The van der Waals surface area contributed by atoms with Gasteiger partial charge in [-0.2, -0.15) is 10.2 Å². The van der Waals surface area contributed by atoms with Crippen LogP contribution < -0.4 is 4.74 Å². The van der Waals surface area contributed by atoms with Gasteiger partial charge in [0.1, 0.15) is 0 Å². The number of unbranched alkanes of at least 4 members (excludes halogenated alkanes) is 1. The molecule has 2 aromatic carbocycles. The molecule has 0 saturated heterocycles. The van der Waals surface area contributed by atoms with E-state index in [4.69, 9.17) is 4.74 Å². The van der Waals surface area contributed by atoms with Gasteiger partial charge in [0, 0.05) is 0 Å². The maximum absolute atomic E-state index is 13.5. The highest BCUT2D eigenvalue weighted by Crippen LogP contribution is 2.16. The van der Waals surface area contributed by atoms with Crippen molar-refractivity contribution in [2.75, 3.05) is 7.11 Å². The van der Waals surface area contributed by atoms with Crippen LogP contribution in [0, 0.1) is 5.82 Å². The van der Waals surface area contributed by atoms with E-state index in [2.05, 4.69) is 29.3 Å². The predicted octanol–water partition coefficient (Wildman–Crippen LogP) is 4.63. The Labute approximate surface area is 136 Å². The van der Waals surface area contributed by atoms with Crippen LogP contribution in [0.2, 0.25) is 0 Å². The standard InChI is InChI=1S/C19H21FN2O/c1-3-4-5-15-6-8-16(9-7-15)13-21-22-14-17-10-11-19(23-2)18(20)12-17/h6-14H,3-5H2,1-2H3/b21-13+,22-14+. The van der Waals surface area contributed by atoms with Gasteiger partial charge in [-0.3, -0.25) is 0 Å². The Hall–Kier alpha value is -2.49. The summed E-state index contributed by atoms with van der Waals surface area (Å²) in [5, 5.41) is 7.93. The van der Waals surface area contributed by atoms with Gasteiger partial charge in [-0.05, 0) is 47.7 Å². The molecule has 0 heterocycles. The maximum atomic E-state index is 13.5. The van der Waals surface area contributed by atoms with Crippen LogP contribution in [-0.2, 0) is 6.42 Å². The molecule has 0 unspecified atom stereocenters. The van der Waals surface area contributed by atoms with Crippen LogP contribution in [0.15, 0.2) is 52.7 Å². The zero-order valence-corrected chi connectivity index (χ0v) is 13.5. The summed E-state index contributed by atoms with van der Waals surface area (Å²) in [4.78, 5) is 0. The first-order chi connectivity index (χ1) is 11.2. The van der Waals surface area contributed by atoms with Gasteiger partial charge >= 0.3 is 0 Å². The molecule has 0 bridgehead atoms. The van der Waals surface area contributed by atoms with E-state index in [1.54, 1.807) is 18.3 Å². The minimum atomic E-state index is -0.414. The number of aryl methyl sites for hydroxylation is 1. The van der Waals surface area contributed by atoms with Crippen molar-refractivity contribution in [1.82, 2.24) is 0 Å². The molecule has 0 spiro atoms. The molecule has 0 aliphatic carbocycles. The molecular weight excluding hydrogens is 291 g/mol. The van der Waals surface area contributed by atoms with Crippen LogP contribution in [0.1, 0.15) is 36.5 Å². The molecule has 0 aliphatic heterocycles. The fraction of sp³-hybridized carbons (Fsp3) is 0.263. The summed E-state index contributed by atoms with van der Waals surface area (Å²) < 4.78 is 18.4. The van der Waals surface area contributed by atoms with Crippen molar-refractivity contribution < 1.29 is 9.13 Å². The van der Waals surface area contributed by atoms with Crippen molar-refractivity contribution in [3.05, 3.63) is 65.0 Å². The summed E-state index contributed by atoms with van der Waals surface area (Å²) in [7, 11) is 1.43. The van der Waals surface area contributed by atoms with Gasteiger partial charge in [-0.15, -0.1) is 0 Å². The van der Waals surface area contributed by atoms with Crippen LogP contribution in [0.4, 0.5) is 4.39 Å². The Balaban J connectivity index is 1.94. The number of methoxy groups -OCH3 is 1. The SMILES string of the molecule is CCCCc1ccc(/C=N/N=C/c2ccc(OC)c(F)c2)cc1. The van der Waals surface area contributed by atoms with E-state index < -0.39 is 5.82 Å². The van der Waals surface area contributed by atoms with E-state index in [1.165, 1.54) is 37.8 Å². The van der Waals surface area contributed by atoms with Gasteiger partial charge in [0.15, 0.2) is 11.6 Å². The second-order valence-electron chi connectivity index (χ2n) is 5.23. The number of rotatable bonds is 7. The molecule has 2 aromatic rings. The topological polar surface area (TPSA) is 34.0 Å². The van der Waals surface area contributed by atoms with Gasteiger partial charge in [0.2, 0.25) is 0 Å². The third-order valence-corrected chi connectivity index (χ3v) is 3.45. The minimum absolute atomic E-state index is 0.216. The van der Waals surface area contributed by atoms with E-state index in [9.17, 15) is 4.39 Å². The number of halogens is 1. The zero-order chi connectivity index (χ0) is 16.5. The number of ether oxygens (including phenoxy) is 1. The first kappa shape index (κ1) is 16.9. The second-order valence-corrected chi connectivity index (χ2v) is 5.23. The zero-order valence-electron chi connectivity index (χ0n) is 13.5. The molecule has 0 aliphatic rings. The average Bonchev–Trinajstić information content (AvgIpc) is 2.58. The molecule has 0 atom stereocenters. The lowest BCUT2D eigenvalue weighted by Crippen LogP contribution is -1.90. The number of hydrogen-bond donors (Lipinski definition) is 0. The molecule has 0 N–H and O–H groups in total. The fourth-order valence-corrected chi connectivity index (χ4v) is 2.11. The van der Waals surface area contributed by atoms with Crippen molar-refractivity contribution in [2.24, 2.45) is 10.2 Å². The molecule has 0 fully saturated rings. The summed E-state index contributed by atoms with van der Waals surface area (Å²) in [5.41, 5.74) is 2.96. The smallest absolute Gasteiger partial charge is 0.165 e. The second kappa shape index (κ2) is 8.83. The number of hydrogen-bond acceptors (Lipinski definition) is 3. The van der Waals surface area contributed by atoms with Crippen LogP contribution in [0.25, 0.3) is 0 Å². The van der Waals surface area contributed by atoms with Crippen LogP contribution >= 0.6 is 0 Å². The fourth-order valence-electron chi connectivity index (χ4n) is 2.11. The highest BCUT2D eigenvalue weighted by Gasteiger charge is 2.01. The number of benzene rings is 2. The van der Waals surface area contributed by atoms with Gasteiger partial charge in [-0.1, -0.05) is 37.6 Å². The Morgan fingerprint density at radius 3 is 2.26 bits per heavy atom. The molecule has 0 aromatic heterocycles. The Bertz CT molecular complexity index is 678. The van der Waals surface area contributed by atoms with Crippen molar-refractivity contribution in [2.45, 2.75) is 26.2 Å². The van der Waals surface area contributed by atoms with Crippen molar-refractivity contribution in [1.29, 1.82) is 0 Å². The monoisotopic (exact) mass is 312 g/mol. The van der Waals surface area contributed by atoms with Crippen molar-refractivity contribution >= 4 is 12.4 Å². The predicted molar refractivity (Wildman–Crippen MR) is 93.2 cm³/mol. The Kier molecular flexibility index (Phi) is 6.48. The van der Waals surface area contributed by atoms with E-state index in [1.807, 2.05) is 12.1 Å². The van der Waals surface area contributed by atoms with E-state index in [-0.39, 0.29) is 5.75 Å². The molecule has 120 valence electrons. The summed E-state index contributed by atoms with van der Waals surface area (Å²) in [6, 6.07) is 12.9. The van der Waals surface area contributed by atoms with Crippen LogP contribution in [-0.4, -0.2) is 19.5 Å². The molecule has 2 rings (SSSR count). The normalized spacial score (nSPS) is 11.4. The van der Waals surface area contributed by atoms with Gasteiger partial charge in [-0.25, -0.2) is 4.39 Å². The van der Waals surface area contributed by atoms with Crippen molar-refractivity contribution in [3.8, 4) is 5.75 Å². The quantitative estimate of drug-likeness (QED) is 0.542. The average molecular weight is 312 g/mol. The summed E-state index contributed by atoms with van der Waals surface area (Å²) in [5.74, 6) is -0.197. The molecular formula is C19H21FN2O. The summed E-state index contributed by atoms with van der Waals surface area (Å²) in [6.45, 7) is 2.19. The lowest BCUT2D eigenvalue weighted by Gasteiger charge is -2.01. The first-order valence-electron chi connectivity index (χ1n) is 7.72. The van der Waals surface area contributed by atoms with Gasteiger partial charge in [0.25, 0.3) is 0 Å². The molecule has 0 saturated carbocycles. The highest BCUT2D eigenvalue weighted by molar-refractivity contribution is 5.82. The molecule has 0 amide bonds. The number of nitrogens with zero attached hydrogens (tertiary/aromatic N) is 2. The Morgan fingerprint density at radius 2 is 1.65 bits per heavy atom. The maximum Gasteiger partial charge on any atom is 0.165 e. The van der Waals surface area contributed by atoms with Crippen LogP contribution in [0.3, 0.4) is 0 Å². The summed E-state index contributed by atoms with van der Waals surface area (Å²) >= 11 is 0. The minimum Gasteiger partial charge on any atom is -0.494 e. The summed E-state index contributed by atoms with van der Waals surface area (Å²) in [6.07, 6.45) is 6.70. The van der Waals surface area contributed by atoms with Crippen molar-refractivity contribution in [3.63, 3.8) is 0 Å². The first-order valence-corrected chi connectivity index (χ1v) is 7.72. The molecule has 4 heteroatoms.